The summed E-state index contributed by atoms with van der Waals surface area (Å²) in [5.74, 6) is -0.529. The number of nitrogens with zero attached hydrogens (tertiary/aromatic N) is 2. The van der Waals surface area contributed by atoms with Crippen molar-refractivity contribution in [2.24, 2.45) is 0 Å². The molecule has 3 rings (SSSR count). The van der Waals surface area contributed by atoms with Crippen LogP contribution in [0.5, 0.6) is 0 Å². The fourth-order valence-electron chi connectivity index (χ4n) is 2.05. The molecule has 8 heteroatoms. The number of carbonyl (C=O) groups is 2. The number of carbonyl (C=O) groups excluding carboxylic acids is 2. The van der Waals surface area contributed by atoms with Gasteiger partial charge in [0.25, 0.3) is 11.8 Å². The van der Waals surface area contributed by atoms with Crippen molar-refractivity contribution in [3.05, 3.63) is 84.4 Å². The van der Waals surface area contributed by atoms with Gasteiger partial charge in [-0.2, -0.15) is 0 Å². The van der Waals surface area contributed by atoms with E-state index in [1.165, 1.54) is 0 Å². The van der Waals surface area contributed by atoms with Crippen LogP contribution in [0.3, 0.4) is 0 Å². The van der Waals surface area contributed by atoms with E-state index in [0.29, 0.717) is 22.5 Å². The van der Waals surface area contributed by atoms with Crippen molar-refractivity contribution in [1.82, 2.24) is 20.8 Å². The van der Waals surface area contributed by atoms with Crippen LogP contribution in [-0.4, -0.2) is 21.8 Å². The van der Waals surface area contributed by atoms with Gasteiger partial charge in [0.1, 0.15) is 0 Å². The van der Waals surface area contributed by atoms with Crippen LogP contribution in [0.4, 0.5) is 11.4 Å². The van der Waals surface area contributed by atoms with Gasteiger partial charge >= 0.3 is 0 Å². The molecule has 0 atom stereocenters. The summed E-state index contributed by atoms with van der Waals surface area (Å²) in [7, 11) is 0. The van der Waals surface area contributed by atoms with Crippen LogP contribution in [0.25, 0.3) is 0 Å². The Morgan fingerprint density at radius 3 is 1.27 bits per heavy atom. The molecule has 3 aromatic rings. The highest BCUT2D eigenvalue weighted by atomic mass is 16.2. The highest BCUT2D eigenvalue weighted by Crippen LogP contribution is 2.12. The number of hydrogen-bond donors (Lipinski definition) is 4. The van der Waals surface area contributed by atoms with Crippen LogP contribution >= 0.6 is 0 Å². The third-order valence-corrected chi connectivity index (χ3v) is 3.41. The summed E-state index contributed by atoms with van der Waals surface area (Å²) < 4.78 is 0. The van der Waals surface area contributed by atoms with E-state index >= 15 is 0 Å². The molecule has 0 fully saturated rings. The summed E-state index contributed by atoms with van der Waals surface area (Å²) >= 11 is 0. The summed E-state index contributed by atoms with van der Waals surface area (Å²) in [6.45, 7) is 0. The topological polar surface area (TPSA) is 108 Å². The number of nitrogens with one attached hydrogen (secondary N) is 4. The van der Waals surface area contributed by atoms with Crippen molar-refractivity contribution in [3.63, 3.8) is 0 Å². The molecule has 0 spiro atoms. The molecule has 8 nitrogen and oxygen atoms in total. The summed E-state index contributed by atoms with van der Waals surface area (Å²) in [4.78, 5) is 31.6. The average Bonchev–Trinajstić information content (AvgIpc) is 2.72. The second kappa shape index (κ2) is 8.25. The fourth-order valence-corrected chi connectivity index (χ4v) is 2.05. The van der Waals surface area contributed by atoms with Crippen molar-refractivity contribution >= 4 is 23.2 Å². The van der Waals surface area contributed by atoms with Gasteiger partial charge in [0.05, 0.1) is 11.4 Å². The lowest BCUT2D eigenvalue weighted by Crippen LogP contribution is -2.30. The first-order valence-corrected chi connectivity index (χ1v) is 7.75. The number of aromatic nitrogens is 2. The van der Waals surface area contributed by atoms with Crippen LogP contribution in [0.2, 0.25) is 0 Å². The second-order valence-corrected chi connectivity index (χ2v) is 5.21. The van der Waals surface area contributed by atoms with Gasteiger partial charge in [0, 0.05) is 35.9 Å². The molecule has 4 N–H and O–H groups in total. The second-order valence-electron chi connectivity index (χ2n) is 5.21. The highest BCUT2D eigenvalue weighted by molar-refractivity contribution is 5.95. The van der Waals surface area contributed by atoms with E-state index < -0.39 is 0 Å². The predicted molar refractivity (Wildman–Crippen MR) is 97.1 cm³/mol. The summed E-state index contributed by atoms with van der Waals surface area (Å²) in [5, 5.41) is 0. The minimum Gasteiger partial charge on any atom is -0.298 e. The Kier molecular flexibility index (Phi) is 5.36. The SMILES string of the molecule is O=C(NNc1ccc(NNC(=O)c2ccncc2)cc1)c1ccncc1. The predicted octanol–water partition coefficient (Wildman–Crippen LogP) is 1.99. The largest absolute Gasteiger partial charge is 0.298 e. The third-order valence-electron chi connectivity index (χ3n) is 3.41. The van der Waals surface area contributed by atoms with E-state index in [1.807, 2.05) is 0 Å². The number of hydrazine groups is 2. The molecule has 0 aliphatic heterocycles. The molecule has 0 saturated heterocycles. The van der Waals surface area contributed by atoms with E-state index in [1.54, 1.807) is 73.3 Å². The normalized spacial score (nSPS) is 9.85. The maximum absolute atomic E-state index is 11.9. The Morgan fingerprint density at radius 2 is 0.923 bits per heavy atom. The van der Waals surface area contributed by atoms with Crippen molar-refractivity contribution in [1.29, 1.82) is 0 Å². The van der Waals surface area contributed by atoms with Crippen molar-refractivity contribution < 1.29 is 9.59 Å². The minimum atomic E-state index is -0.265. The molecule has 26 heavy (non-hydrogen) atoms. The van der Waals surface area contributed by atoms with Crippen LogP contribution in [0.1, 0.15) is 20.7 Å². The van der Waals surface area contributed by atoms with Crippen LogP contribution in [0.15, 0.2) is 73.3 Å². The van der Waals surface area contributed by atoms with Gasteiger partial charge in [-0.1, -0.05) is 0 Å². The molecule has 2 heterocycles. The molecule has 2 aromatic heterocycles. The molecule has 0 saturated carbocycles. The van der Waals surface area contributed by atoms with Crippen molar-refractivity contribution in [3.8, 4) is 0 Å². The molecule has 2 amide bonds. The Hall–Kier alpha value is -3.94. The van der Waals surface area contributed by atoms with Gasteiger partial charge in [-0.05, 0) is 48.5 Å². The van der Waals surface area contributed by atoms with E-state index in [9.17, 15) is 9.59 Å². The lowest BCUT2D eigenvalue weighted by Gasteiger charge is -2.11. The molecular formula is C18H16N6O2. The number of benzene rings is 1. The first-order valence-electron chi connectivity index (χ1n) is 7.75. The van der Waals surface area contributed by atoms with E-state index in [2.05, 4.69) is 31.7 Å². The Morgan fingerprint density at radius 1 is 0.577 bits per heavy atom. The van der Waals surface area contributed by atoms with Gasteiger partial charge < -0.3 is 0 Å². The Balaban J connectivity index is 1.49. The molecule has 0 aliphatic carbocycles. The smallest absolute Gasteiger partial charge is 0.269 e. The van der Waals surface area contributed by atoms with Gasteiger partial charge in [0.15, 0.2) is 0 Å². The van der Waals surface area contributed by atoms with Gasteiger partial charge in [0.2, 0.25) is 0 Å². The number of amides is 2. The van der Waals surface area contributed by atoms with Crippen LogP contribution in [0, 0.1) is 0 Å². The molecule has 0 bridgehead atoms. The summed E-state index contributed by atoms with van der Waals surface area (Å²) in [6.07, 6.45) is 6.20. The van der Waals surface area contributed by atoms with Crippen LogP contribution < -0.4 is 21.7 Å². The first-order chi connectivity index (χ1) is 12.7. The molecule has 130 valence electrons. The number of rotatable bonds is 6. The zero-order valence-electron chi connectivity index (χ0n) is 13.6. The number of hydrogen-bond acceptors (Lipinski definition) is 6. The molecule has 0 unspecified atom stereocenters. The summed E-state index contributed by atoms with van der Waals surface area (Å²) in [5.41, 5.74) is 13.2. The van der Waals surface area contributed by atoms with E-state index in [0.717, 1.165) is 0 Å². The molecule has 0 aliphatic rings. The van der Waals surface area contributed by atoms with Crippen LogP contribution in [-0.2, 0) is 0 Å². The zero-order valence-corrected chi connectivity index (χ0v) is 13.6. The lowest BCUT2D eigenvalue weighted by molar-refractivity contribution is 0.0954. The van der Waals surface area contributed by atoms with Gasteiger partial charge in [-0.15, -0.1) is 0 Å². The molecule has 1 aromatic carbocycles. The van der Waals surface area contributed by atoms with E-state index in [-0.39, 0.29) is 11.8 Å². The van der Waals surface area contributed by atoms with Gasteiger partial charge in [-0.25, -0.2) is 0 Å². The third kappa shape index (κ3) is 4.54. The first kappa shape index (κ1) is 16.9. The average molecular weight is 348 g/mol. The fraction of sp³-hybridized carbons (Fsp3) is 0. The van der Waals surface area contributed by atoms with E-state index in [4.69, 9.17) is 0 Å². The summed E-state index contributed by atoms with van der Waals surface area (Å²) in [6, 6.07) is 13.5. The standard InChI is InChI=1S/C18H16N6O2/c25-17(13-5-9-19-10-6-13)23-21-15-1-2-16(4-3-15)22-24-18(26)14-7-11-20-12-8-14/h1-12,21-22H,(H,23,25)(H,24,26). The minimum absolute atomic E-state index is 0.265. The Labute approximate surface area is 149 Å². The molecule has 0 radical (unpaired) electrons. The lowest BCUT2D eigenvalue weighted by atomic mass is 10.2. The number of pyridine rings is 2. The van der Waals surface area contributed by atoms with Crippen molar-refractivity contribution in [2.45, 2.75) is 0 Å². The zero-order chi connectivity index (χ0) is 18.2. The maximum Gasteiger partial charge on any atom is 0.269 e. The number of anilines is 2. The van der Waals surface area contributed by atoms with Gasteiger partial charge in [-0.3, -0.25) is 41.3 Å². The van der Waals surface area contributed by atoms with Crippen molar-refractivity contribution in [2.75, 3.05) is 10.9 Å². The quantitative estimate of drug-likeness (QED) is 0.508. The maximum atomic E-state index is 11.9. The highest BCUT2D eigenvalue weighted by Gasteiger charge is 2.05. The molecular weight excluding hydrogens is 332 g/mol. The monoisotopic (exact) mass is 348 g/mol. The Bertz CT molecular complexity index is 795.